The fourth-order valence-electron chi connectivity index (χ4n) is 1.40. The van der Waals surface area contributed by atoms with Crippen LogP contribution in [0.3, 0.4) is 0 Å². The Hall–Kier alpha value is -1.40. The van der Waals surface area contributed by atoms with E-state index in [0.717, 1.165) is 0 Å². The molecule has 1 aromatic rings. The molecule has 1 atom stereocenters. The topological polar surface area (TPSA) is 86.5 Å². The molecule has 0 heterocycles. The summed E-state index contributed by atoms with van der Waals surface area (Å²) in [6.07, 6.45) is 0.443. The standard InChI is InChI=1S/C10H13NO4S/c1-2-9(8-6-4-3-5-7-8)10(12)15-16(11,13)14/h3-7,9H,2H2,1H3,(H2,11,13,14). The Bertz CT molecular complexity index is 455. The summed E-state index contributed by atoms with van der Waals surface area (Å²) < 4.78 is 25.4. The molecule has 0 saturated carbocycles. The number of hydrogen-bond acceptors (Lipinski definition) is 4. The third-order valence-electron chi connectivity index (χ3n) is 2.09. The highest BCUT2D eigenvalue weighted by molar-refractivity contribution is 7.84. The highest BCUT2D eigenvalue weighted by Crippen LogP contribution is 2.21. The second kappa shape index (κ2) is 5.09. The number of nitrogens with two attached hydrogens (primary N) is 1. The predicted molar refractivity (Wildman–Crippen MR) is 58.7 cm³/mol. The van der Waals surface area contributed by atoms with Gasteiger partial charge in [-0.15, -0.1) is 0 Å². The molecule has 0 fully saturated rings. The molecule has 0 aliphatic heterocycles. The van der Waals surface area contributed by atoms with Crippen LogP contribution in [0.1, 0.15) is 24.8 Å². The quantitative estimate of drug-likeness (QED) is 0.852. The Morgan fingerprint density at radius 2 is 1.94 bits per heavy atom. The maximum atomic E-state index is 11.5. The lowest BCUT2D eigenvalue weighted by molar-refractivity contribution is -0.135. The third kappa shape index (κ3) is 3.63. The molecule has 0 bridgehead atoms. The van der Waals surface area contributed by atoms with Crippen molar-refractivity contribution in [1.82, 2.24) is 0 Å². The van der Waals surface area contributed by atoms with Gasteiger partial charge in [0.1, 0.15) is 0 Å². The van der Waals surface area contributed by atoms with E-state index in [1.165, 1.54) is 0 Å². The molecule has 5 nitrogen and oxygen atoms in total. The Morgan fingerprint density at radius 1 is 1.38 bits per heavy atom. The van der Waals surface area contributed by atoms with Crippen LogP contribution in [-0.2, 0) is 19.3 Å². The van der Waals surface area contributed by atoms with E-state index in [1.807, 2.05) is 0 Å². The van der Waals surface area contributed by atoms with Crippen molar-refractivity contribution in [1.29, 1.82) is 0 Å². The molecule has 2 N–H and O–H groups in total. The molecule has 0 amide bonds. The maximum Gasteiger partial charge on any atom is 0.382 e. The van der Waals surface area contributed by atoms with Gasteiger partial charge in [-0.3, -0.25) is 4.79 Å². The number of hydrogen-bond donors (Lipinski definition) is 1. The van der Waals surface area contributed by atoms with Crippen LogP contribution in [0.2, 0.25) is 0 Å². The summed E-state index contributed by atoms with van der Waals surface area (Å²) in [6, 6.07) is 8.81. The van der Waals surface area contributed by atoms with Crippen molar-refractivity contribution in [3.63, 3.8) is 0 Å². The number of benzene rings is 1. The summed E-state index contributed by atoms with van der Waals surface area (Å²) in [5.74, 6) is -1.46. The van der Waals surface area contributed by atoms with Crippen LogP contribution >= 0.6 is 0 Å². The lowest BCUT2D eigenvalue weighted by Crippen LogP contribution is -2.24. The van der Waals surface area contributed by atoms with Gasteiger partial charge < -0.3 is 4.18 Å². The van der Waals surface area contributed by atoms with E-state index in [0.29, 0.717) is 12.0 Å². The third-order valence-corrected chi connectivity index (χ3v) is 2.49. The summed E-state index contributed by atoms with van der Waals surface area (Å²) >= 11 is 0. The zero-order chi connectivity index (χ0) is 12.2. The largest absolute Gasteiger partial charge is 0.382 e. The second-order valence-corrected chi connectivity index (χ2v) is 4.42. The Morgan fingerprint density at radius 3 is 2.38 bits per heavy atom. The van der Waals surface area contributed by atoms with Gasteiger partial charge in [0.15, 0.2) is 0 Å². The van der Waals surface area contributed by atoms with E-state index >= 15 is 0 Å². The Labute approximate surface area is 94.5 Å². The van der Waals surface area contributed by atoms with Gasteiger partial charge in [0.25, 0.3) is 0 Å². The fourth-order valence-corrected chi connectivity index (χ4v) is 1.74. The van der Waals surface area contributed by atoms with Crippen LogP contribution in [-0.4, -0.2) is 14.4 Å². The molecule has 0 aliphatic rings. The van der Waals surface area contributed by atoms with Crippen LogP contribution in [0.25, 0.3) is 0 Å². The minimum atomic E-state index is -4.24. The molecule has 0 saturated heterocycles. The van der Waals surface area contributed by atoms with Crippen LogP contribution in [0, 0.1) is 0 Å². The normalized spacial score (nSPS) is 13.1. The average molecular weight is 243 g/mol. The Kier molecular flexibility index (Phi) is 4.03. The molecular weight excluding hydrogens is 230 g/mol. The van der Waals surface area contributed by atoms with E-state index < -0.39 is 22.2 Å². The molecule has 0 aliphatic carbocycles. The fraction of sp³-hybridized carbons (Fsp3) is 0.300. The summed E-state index contributed by atoms with van der Waals surface area (Å²) in [7, 11) is -4.24. The summed E-state index contributed by atoms with van der Waals surface area (Å²) in [6.45, 7) is 1.77. The van der Waals surface area contributed by atoms with Crippen molar-refractivity contribution in [2.45, 2.75) is 19.3 Å². The van der Waals surface area contributed by atoms with Crippen molar-refractivity contribution < 1.29 is 17.4 Å². The van der Waals surface area contributed by atoms with Gasteiger partial charge in [0.05, 0.1) is 5.92 Å². The summed E-state index contributed by atoms with van der Waals surface area (Å²) in [5.41, 5.74) is 0.707. The predicted octanol–water partition coefficient (Wildman–Crippen LogP) is 0.927. The van der Waals surface area contributed by atoms with Gasteiger partial charge in [-0.2, -0.15) is 13.6 Å². The molecule has 1 unspecified atom stereocenters. The number of carbonyl (C=O) groups excluding carboxylic acids is 1. The van der Waals surface area contributed by atoms with Gasteiger partial charge in [0, 0.05) is 0 Å². The van der Waals surface area contributed by atoms with Crippen molar-refractivity contribution in [3.05, 3.63) is 35.9 Å². The second-order valence-electron chi connectivity index (χ2n) is 3.27. The molecule has 16 heavy (non-hydrogen) atoms. The van der Waals surface area contributed by atoms with Crippen LogP contribution in [0.5, 0.6) is 0 Å². The van der Waals surface area contributed by atoms with E-state index in [4.69, 9.17) is 0 Å². The Balaban J connectivity index is 2.88. The van der Waals surface area contributed by atoms with Gasteiger partial charge in [-0.25, -0.2) is 0 Å². The van der Waals surface area contributed by atoms with Crippen LogP contribution in [0.4, 0.5) is 0 Å². The number of rotatable bonds is 4. The minimum absolute atomic E-state index is 0.443. The molecule has 1 aromatic carbocycles. The highest BCUT2D eigenvalue weighted by atomic mass is 32.2. The lowest BCUT2D eigenvalue weighted by Gasteiger charge is -2.12. The molecule has 88 valence electrons. The smallest absolute Gasteiger partial charge is 0.334 e. The first-order valence-corrected chi connectivity index (χ1v) is 6.22. The minimum Gasteiger partial charge on any atom is -0.334 e. The highest BCUT2D eigenvalue weighted by Gasteiger charge is 2.23. The molecule has 1 rings (SSSR count). The zero-order valence-electron chi connectivity index (χ0n) is 8.79. The van der Waals surface area contributed by atoms with Crippen molar-refractivity contribution in [2.24, 2.45) is 5.14 Å². The first-order valence-electron chi connectivity index (χ1n) is 4.75. The van der Waals surface area contributed by atoms with Crippen LogP contribution < -0.4 is 5.14 Å². The lowest BCUT2D eigenvalue weighted by atomic mass is 9.97. The summed E-state index contributed by atoms with van der Waals surface area (Å²) in [5, 5.41) is 4.64. The zero-order valence-corrected chi connectivity index (χ0v) is 9.61. The van der Waals surface area contributed by atoms with Gasteiger partial charge in [-0.1, -0.05) is 37.3 Å². The monoisotopic (exact) mass is 243 g/mol. The molecule has 0 spiro atoms. The molecule has 0 aromatic heterocycles. The average Bonchev–Trinajstić information content (AvgIpc) is 2.17. The maximum absolute atomic E-state index is 11.5. The number of carbonyl (C=O) groups is 1. The van der Waals surface area contributed by atoms with Gasteiger partial charge >= 0.3 is 16.3 Å². The van der Waals surface area contributed by atoms with E-state index in [9.17, 15) is 13.2 Å². The van der Waals surface area contributed by atoms with Crippen molar-refractivity contribution in [2.75, 3.05) is 0 Å². The first kappa shape index (κ1) is 12.7. The SMILES string of the molecule is CCC(C(=O)OS(N)(=O)=O)c1ccccc1. The molecule has 6 heteroatoms. The molecule has 0 radical (unpaired) electrons. The van der Waals surface area contributed by atoms with Gasteiger partial charge in [-0.05, 0) is 12.0 Å². The van der Waals surface area contributed by atoms with E-state index in [-0.39, 0.29) is 0 Å². The van der Waals surface area contributed by atoms with Crippen LogP contribution in [0.15, 0.2) is 30.3 Å². The van der Waals surface area contributed by atoms with E-state index in [1.54, 1.807) is 37.3 Å². The van der Waals surface area contributed by atoms with Gasteiger partial charge in [0.2, 0.25) is 0 Å². The first-order chi connectivity index (χ1) is 7.44. The van der Waals surface area contributed by atoms with Crippen molar-refractivity contribution in [3.8, 4) is 0 Å². The van der Waals surface area contributed by atoms with Crippen molar-refractivity contribution >= 4 is 16.3 Å². The summed E-state index contributed by atoms with van der Waals surface area (Å²) in [4.78, 5) is 11.5. The van der Waals surface area contributed by atoms with E-state index in [2.05, 4.69) is 9.32 Å². The molecular formula is C10H13NO4S.